The molecular weight excluding hydrogens is 370 g/mol. The third-order valence-electron chi connectivity index (χ3n) is 5.03. The monoisotopic (exact) mass is 387 g/mol. The number of piperazine rings is 1. The molecule has 2 aliphatic rings. The van der Waals surface area contributed by atoms with Crippen molar-refractivity contribution < 1.29 is 4.92 Å². The highest BCUT2D eigenvalue weighted by atomic mass is 79.9. The first-order valence-corrected chi connectivity index (χ1v) is 8.89. The van der Waals surface area contributed by atoms with Crippen LogP contribution in [0.2, 0.25) is 0 Å². The van der Waals surface area contributed by atoms with Gasteiger partial charge in [-0.15, -0.1) is 0 Å². The SMILES string of the molecule is O=[N+]([O-])c1cc(Br)ccc1N1C[C@@H]2C[C@H]1CN2Cc1ccccc1. The highest BCUT2D eigenvalue weighted by Gasteiger charge is 2.44. The average molecular weight is 388 g/mol. The van der Waals surface area contributed by atoms with Gasteiger partial charge in [-0.3, -0.25) is 15.0 Å². The van der Waals surface area contributed by atoms with E-state index in [4.69, 9.17) is 0 Å². The molecule has 0 aromatic heterocycles. The number of benzene rings is 2. The second-order valence-electron chi connectivity index (χ2n) is 6.50. The van der Waals surface area contributed by atoms with E-state index < -0.39 is 0 Å². The van der Waals surface area contributed by atoms with Gasteiger partial charge in [0.05, 0.1) is 4.92 Å². The summed E-state index contributed by atoms with van der Waals surface area (Å²) in [6.07, 6.45) is 1.08. The first-order chi connectivity index (χ1) is 11.6. The Morgan fingerprint density at radius 2 is 1.92 bits per heavy atom. The molecule has 4 rings (SSSR count). The van der Waals surface area contributed by atoms with E-state index in [0.29, 0.717) is 12.1 Å². The molecule has 0 N–H and O–H groups in total. The lowest BCUT2D eigenvalue weighted by Gasteiger charge is -2.35. The van der Waals surface area contributed by atoms with Crippen LogP contribution < -0.4 is 4.90 Å². The van der Waals surface area contributed by atoms with Gasteiger partial charge in [0.2, 0.25) is 0 Å². The molecule has 2 aromatic carbocycles. The third-order valence-corrected chi connectivity index (χ3v) is 5.52. The highest BCUT2D eigenvalue weighted by Crippen LogP contribution is 2.40. The molecule has 0 amide bonds. The topological polar surface area (TPSA) is 49.6 Å². The van der Waals surface area contributed by atoms with Gasteiger partial charge in [0.15, 0.2) is 0 Å². The summed E-state index contributed by atoms with van der Waals surface area (Å²) in [5, 5.41) is 11.4. The van der Waals surface area contributed by atoms with Gasteiger partial charge in [-0.2, -0.15) is 0 Å². The van der Waals surface area contributed by atoms with Crippen LogP contribution in [0.1, 0.15) is 12.0 Å². The lowest BCUT2D eigenvalue weighted by atomic mass is 10.2. The van der Waals surface area contributed by atoms with Crippen LogP contribution in [0, 0.1) is 10.1 Å². The van der Waals surface area contributed by atoms with Crippen molar-refractivity contribution in [2.24, 2.45) is 0 Å². The zero-order valence-corrected chi connectivity index (χ0v) is 14.7. The molecule has 2 aromatic rings. The van der Waals surface area contributed by atoms with Gasteiger partial charge in [0, 0.05) is 42.3 Å². The van der Waals surface area contributed by atoms with E-state index in [9.17, 15) is 10.1 Å². The normalized spacial score (nSPS) is 23.0. The van der Waals surface area contributed by atoms with E-state index in [1.807, 2.05) is 18.2 Å². The molecule has 0 unspecified atom stereocenters. The minimum atomic E-state index is -0.284. The first kappa shape index (κ1) is 15.6. The summed E-state index contributed by atoms with van der Waals surface area (Å²) in [6, 6.07) is 16.7. The summed E-state index contributed by atoms with van der Waals surface area (Å²) in [5.74, 6) is 0. The Kier molecular flexibility index (Phi) is 4.02. The van der Waals surface area contributed by atoms with Crippen LogP contribution in [0.5, 0.6) is 0 Å². The van der Waals surface area contributed by atoms with Crippen LogP contribution in [-0.4, -0.2) is 35.0 Å². The van der Waals surface area contributed by atoms with E-state index in [2.05, 4.69) is 50.0 Å². The van der Waals surface area contributed by atoms with E-state index in [-0.39, 0.29) is 10.6 Å². The molecule has 5 nitrogen and oxygen atoms in total. The van der Waals surface area contributed by atoms with Crippen molar-refractivity contribution >= 4 is 27.3 Å². The van der Waals surface area contributed by atoms with Gasteiger partial charge in [-0.05, 0) is 24.1 Å². The number of nitro benzene ring substituents is 1. The molecule has 6 heteroatoms. The standard InChI is InChI=1S/C18H18BrN3O2/c19-14-6-7-17(18(8-14)22(23)24)21-12-15-9-16(21)11-20(15)10-13-4-2-1-3-5-13/h1-8,15-16H,9-12H2/t15-,16-/m0/s1. The molecular formula is C18H18BrN3O2. The molecule has 124 valence electrons. The smallest absolute Gasteiger partial charge is 0.293 e. The van der Waals surface area contributed by atoms with Crippen molar-refractivity contribution in [1.82, 2.24) is 4.90 Å². The Bertz CT molecular complexity index is 768. The molecule has 2 bridgehead atoms. The summed E-state index contributed by atoms with van der Waals surface area (Å²) in [5.41, 5.74) is 2.26. The molecule has 24 heavy (non-hydrogen) atoms. The Labute approximate surface area is 149 Å². The Morgan fingerprint density at radius 3 is 2.58 bits per heavy atom. The zero-order chi connectivity index (χ0) is 16.7. The van der Waals surface area contributed by atoms with Crippen molar-refractivity contribution in [2.45, 2.75) is 25.0 Å². The number of rotatable bonds is 4. The second kappa shape index (κ2) is 6.18. The number of likely N-dealkylation sites (tertiary alicyclic amines) is 1. The van der Waals surface area contributed by atoms with Gasteiger partial charge >= 0.3 is 0 Å². The first-order valence-electron chi connectivity index (χ1n) is 8.10. The van der Waals surface area contributed by atoms with Crippen LogP contribution in [-0.2, 0) is 6.54 Å². The maximum Gasteiger partial charge on any atom is 0.293 e. The van der Waals surface area contributed by atoms with Crippen LogP contribution >= 0.6 is 15.9 Å². The fourth-order valence-corrected chi connectivity index (χ4v) is 4.29. The average Bonchev–Trinajstić information content (AvgIpc) is 3.16. The lowest BCUT2D eigenvalue weighted by Crippen LogP contribution is -2.46. The molecule has 2 aliphatic heterocycles. The maximum absolute atomic E-state index is 11.4. The quantitative estimate of drug-likeness (QED) is 0.590. The minimum Gasteiger partial charge on any atom is -0.360 e. The van der Waals surface area contributed by atoms with Gasteiger partial charge in [0.25, 0.3) is 5.69 Å². The van der Waals surface area contributed by atoms with Gasteiger partial charge < -0.3 is 4.90 Å². The molecule has 2 atom stereocenters. The second-order valence-corrected chi connectivity index (χ2v) is 7.42. The number of hydrogen-bond donors (Lipinski definition) is 0. The summed E-state index contributed by atoms with van der Waals surface area (Å²) in [7, 11) is 0. The Morgan fingerprint density at radius 1 is 1.12 bits per heavy atom. The number of hydrogen-bond acceptors (Lipinski definition) is 4. The van der Waals surface area contributed by atoms with E-state index >= 15 is 0 Å². The lowest BCUT2D eigenvalue weighted by molar-refractivity contribution is -0.384. The molecule has 0 radical (unpaired) electrons. The summed E-state index contributed by atoms with van der Waals surface area (Å²) in [6.45, 7) is 2.78. The Hall–Kier alpha value is -1.92. The van der Waals surface area contributed by atoms with Crippen molar-refractivity contribution in [3.63, 3.8) is 0 Å². The van der Waals surface area contributed by atoms with E-state index in [1.54, 1.807) is 6.07 Å². The minimum absolute atomic E-state index is 0.187. The number of anilines is 1. The molecule has 0 aliphatic carbocycles. The fourth-order valence-electron chi connectivity index (χ4n) is 3.94. The predicted molar refractivity (Wildman–Crippen MR) is 97.2 cm³/mol. The van der Waals surface area contributed by atoms with Crippen molar-refractivity contribution in [3.8, 4) is 0 Å². The van der Waals surface area contributed by atoms with Crippen LogP contribution in [0.4, 0.5) is 11.4 Å². The summed E-state index contributed by atoms with van der Waals surface area (Å²) >= 11 is 3.33. The van der Waals surface area contributed by atoms with Crippen molar-refractivity contribution in [1.29, 1.82) is 0 Å². The largest absolute Gasteiger partial charge is 0.360 e. The molecule has 0 saturated carbocycles. The van der Waals surface area contributed by atoms with E-state index in [1.165, 1.54) is 5.56 Å². The zero-order valence-electron chi connectivity index (χ0n) is 13.1. The van der Waals surface area contributed by atoms with Crippen molar-refractivity contribution in [2.75, 3.05) is 18.0 Å². The number of nitro groups is 1. The maximum atomic E-state index is 11.4. The van der Waals surface area contributed by atoms with Gasteiger partial charge in [-0.1, -0.05) is 46.3 Å². The summed E-state index contributed by atoms with van der Waals surface area (Å²) < 4.78 is 0.744. The van der Waals surface area contributed by atoms with Gasteiger partial charge in [0.1, 0.15) is 5.69 Å². The molecule has 2 heterocycles. The van der Waals surface area contributed by atoms with Crippen LogP contribution in [0.3, 0.4) is 0 Å². The van der Waals surface area contributed by atoms with E-state index in [0.717, 1.165) is 36.2 Å². The fraction of sp³-hybridized carbons (Fsp3) is 0.333. The summed E-state index contributed by atoms with van der Waals surface area (Å²) in [4.78, 5) is 15.8. The molecule has 2 saturated heterocycles. The number of nitrogens with zero attached hydrogens (tertiary/aromatic N) is 3. The van der Waals surface area contributed by atoms with Crippen molar-refractivity contribution in [3.05, 3.63) is 68.7 Å². The van der Waals surface area contributed by atoms with Crippen LogP contribution in [0.15, 0.2) is 53.0 Å². The molecule has 0 spiro atoms. The number of fused-ring (bicyclic) bond motifs is 2. The highest BCUT2D eigenvalue weighted by molar-refractivity contribution is 9.10. The molecule has 2 fully saturated rings. The van der Waals surface area contributed by atoms with Crippen LogP contribution in [0.25, 0.3) is 0 Å². The Balaban J connectivity index is 1.52. The van der Waals surface area contributed by atoms with Gasteiger partial charge in [-0.25, -0.2) is 0 Å². The predicted octanol–water partition coefficient (Wildman–Crippen LogP) is 3.82. The number of halogens is 1. The third kappa shape index (κ3) is 2.80.